The summed E-state index contributed by atoms with van der Waals surface area (Å²) >= 11 is 0. The normalized spacial score (nSPS) is 31.3. The van der Waals surface area contributed by atoms with Gasteiger partial charge >= 0.3 is 11.6 Å². The Kier molecular flexibility index (Phi) is 3.83. The first kappa shape index (κ1) is 18.8. The first-order valence-corrected chi connectivity index (χ1v) is 10.7. The minimum absolute atomic E-state index is 0.0844. The zero-order valence-electron chi connectivity index (χ0n) is 15.5. The van der Waals surface area contributed by atoms with E-state index in [1.807, 2.05) is 0 Å². The third-order valence-corrected chi connectivity index (χ3v) is 9.17. The van der Waals surface area contributed by atoms with Crippen molar-refractivity contribution in [1.82, 2.24) is 4.31 Å². The quantitative estimate of drug-likeness (QED) is 0.250. The van der Waals surface area contributed by atoms with Crippen molar-refractivity contribution in [2.24, 2.45) is 16.7 Å². The molecule has 1 spiro atoms. The molecule has 1 aromatic rings. The average molecular weight is 404 g/mol. The van der Waals surface area contributed by atoms with Crippen LogP contribution in [0.5, 0.6) is 0 Å². The Morgan fingerprint density at radius 3 is 2.50 bits per heavy atom. The predicted molar refractivity (Wildman–Crippen MR) is 98.8 cm³/mol. The molecule has 1 aromatic carbocycles. The number of sulfonamides is 1. The average Bonchev–Trinajstić information content (AvgIpc) is 3.10. The van der Waals surface area contributed by atoms with Gasteiger partial charge in [-0.25, -0.2) is 12.7 Å². The second-order valence-electron chi connectivity index (χ2n) is 8.47. The number of carbonyl (C=O) groups is 1. The van der Waals surface area contributed by atoms with Gasteiger partial charge in [0.15, 0.2) is 0 Å². The van der Waals surface area contributed by atoms with Crippen molar-refractivity contribution in [3.8, 4) is 0 Å². The number of nitro benzene ring substituents is 1. The number of nitro groups is 1. The van der Waals surface area contributed by atoms with Gasteiger partial charge in [0.1, 0.15) is 0 Å². The first-order valence-electron chi connectivity index (χ1n) is 9.08. The number of amides is 1. The van der Waals surface area contributed by atoms with Gasteiger partial charge in [-0.05, 0) is 42.7 Å². The lowest BCUT2D eigenvalue weighted by Crippen LogP contribution is -2.47. The number of fused-ring (bicyclic) bond motifs is 1. The van der Waals surface area contributed by atoms with Crippen LogP contribution in [0, 0.1) is 26.9 Å². The predicted octanol–water partition coefficient (Wildman–Crippen LogP) is 1.98. The molecule has 3 aliphatic rings. The molecule has 2 aliphatic carbocycles. The van der Waals surface area contributed by atoms with E-state index in [1.54, 1.807) is 0 Å². The molecule has 0 unspecified atom stereocenters. The highest BCUT2D eigenvalue weighted by atomic mass is 32.2. The lowest BCUT2D eigenvalue weighted by atomic mass is 9.69. The molecule has 28 heavy (non-hydrogen) atoms. The maximum absolute atomic E-state index is 13.2. The number of hydrogen-bond acceptors (Lipinski definition) is 5. The number of non-ortho nitro benzene ring substituents is 1. The maximum atomic E-state index is 13.2. The summed E-state index contributed by atoms with van der Waals surface area (Å²) in [4.78, 5) is 26.4. The van der Waals surface area contributed by atoms with E-state index < -0.39 is 38.0 Å². The smallest absolute Gasteiger partial charge is 0.361 e. The SMILES string of the molecule is CC1(C)[C@@H]2CC[C@]13CS(=O)(=O)N(C(=O)C(=[N+]=[N-])c1ccc([N+](=O)[O-])cc1)[C@H]3C2. The molecule has 1 heterocycles. The molecule has 2 bridgehead atoms. The summed E-state index contributed by atoms with van der Waals surface area (Å²) in [5.41, 5.74) is 8.27. The highest BCUT2D eigenvalue weighted by molar-refractivity contribution is 7.90. The van der Waals surface area contributed by atoms with Gasteiger partial charge in [-0.1, -0.05) is 13.8 Å². The third-order valence-electron chi connectivity index (χ3n) is 7.27. The van der Waals surface area contributed by atoms with E-state index in [2.05, 4.69) is 18.6 Å². The number of carbonyl (C=O) groups excluding carboxylic acids is 1. The highest BCUT2D eigenvalue weighted by Crippen LogP contribution is 2.69. The van der Waals surface area contributed by atoms with Crippen molar-refractivity contribution in [3.63, 3.8) is 0 Å². The van der Waals surface area contributed by atoms with E-state index >= 15 is 0 Å². The van der Waals surface area contributed by atoms with Crippen LogP contribution < -0.4 is 0 Å². The summed E-state index contributed by atoms with van der Waals surface area (Å²) in [5, 5.41) is 10.8. The fraction of sp³-hybridized carbons (Fsp3) is 0.556. The summed E-state index contributed by atoms with van der Waals surface area (Å²) in [6.07, 6.45) is 2.31. The molecule has 1 amide bonds. The van der Waals surface area contributed by atoms with Gasteiger partial charge in [0, 0.05) is 17.5 Å². The van der Waals surface area contributed by atoms with Crippen molar-refractivity contribution < 1.29 is 22.9 Å². The largest absolute Gasteiger partial charge is 0.387 e. The molecule has 10 heteroatoms. The minimum Gasteiger partial charge on any atom is -0.361 e. The summed E-state index contributed by atoms with van der Waals surface area (Å²) in [6, 6.07) is 4.44. The second-order valence-corrected chi connectivity index (χ2v) is 10.3. The van der Waals surface area contributed by atoms with Crippen LogP contribution in [0.15, 0.2) is 24.3 Å². The van der Waals surface area contributed by atoms with Gasteiger partial charge < -0.3 is 5.53 Å². The molecule has 0 aromatic heterocycles. The standard InChI is InChI=1S/C18H20N4O5S/c1-17(2)12-7-8-18(17)10-28(26,27)21(14(18)9-12)16(23)15(20-19)11-3-5-13(6-4-11)22(24)25/h3-6,12,14H,7-10H2,1-2H3/t12-,14+,18-/m1/s1. The summed E-state index contributed by atoms with van der Waals surface area (Å²) in [5.74, 6) is -0.627. The number of nitrogens with zero attached hydrogens (tertiary/aromatic N) is 4. The van der Waals surface area contributed by atoms with Gasteiger partial charge in [-0.2, -0.15) is 4.79 Å². The Labute approximate surface area is 162 Å². The molecule has 148 valence electrons. The zero-order valence-corrected chi connectivity index (χ0v) is 16.3. The van der Waals surface area contributed by atoms with Crippen molar-refractivity contribution >= 4 is 27.3 Å². The second kappa shape index (κ2) is 5.71. The van der Waals surface area contributed by atoms with E-state index in [1.165, 1.54) is 24.3 Å². The summed E-state index contributed by atoms with van der Waals surface area (Å²) in [6.45, 7) is 4.15. The van der Waals surface area contributed by atoms with Crippen molar-refractivity contribution in [1.29, 1.82) is 0 Å². The molecule has 1 aliphatic heterocycles. The lowest BCUT2D eigenvalue weighted by molar-refractivity contribution is -0.384. The Hall–Kier alpha value is -2.58. The molecular weight excluding hydrogens is 384 g/mol. The first-order chi connectivity index (χ1) is 13.0. The Morgan fingerprint density at radius 2 is 1.96 bits per heavy atom. The topological polar surface area (TPSA) is 134 Å². The van der Waals surface area contributed by atoms with E-state index in [-0.39, 0.29) is 22.4 Å². The fourth-order valence-electron chi connectivity index (χ4n) is 5.63. The third kappa shape index (κ3) is 2.24. The lowest BCUT2D eigenvalue weighted by Gasteiger charge is -2.36. The van der Waals surface area contributed by atoms with E-state index in [0.717, 1.165) is 17.1 Å². The van der Waals surface area contributed by atoms with Crippen LogP contribution in [0.2, 0.25) is 0 Å². The molecular formula is C18H20N4O5S. The number of hydrogen-bond donors (Lipinski definition) is 0. The molecule has 3 fully saturated rings. The highest BCUT2D eigenvalue weighted by Gasteiger charge is 2.72. The Morgan fingerprint density at radius 1 is 1.32 bits per heavy atom. The van der Waals surface area contributed by atoms with Gasteiger partial charge in [-0.15, -0.1) is 0 Å². The van der Waals surface area contributed by atoms with Gasteiger partial charge in [-0.3, -0.25) is 14.9 Å². The van der Waals surface area contributed by atoms with Crippen LogP contribution in [0.25, 0.3) is 5.53 Å². The van der Waals surface area contributed by atoms with Crippen molar-refractivity contribution in [2.45, 2.75) is 39.2 Å². The van der Waals surface area contributed by atoms with Crippen LogP contribution in [0.4, 0.5) is 5.69 Å². The molecule has 0 N–H and O–H groups in total. The number of benzene rings is 1. The minimum atomic E-state index is -3.86. The van der Waals surface area contributed by atoms with Crippen LogP contribution in [0.1, 0.15) is 38.7 Å². The zero-order chi connectivity index (χ0) is 20.5. The molecule has 3 atom stereocenters. The van der Waals surface area contributed by atoms with Crippen molar-refractivity contribution in [3.05, 3.63) is 45.5 Å². The van der Waals surface area contributed by atoms with Crippen LogP contribution in [-0.2, 0) is 14.8 Å². The Bertz CT molecular complexity index is 1040. The van der Waals surface area contributed by atoms with Gasteiger partial charge in [0.25, 0.3) is 5.69 Å². The monoisotopic (exact) mass is 404 g/mol. The van der Waals surface area contributed by atoms with Crippen molar-refractivity contribution in [2.75, 3.05) is 5.75 Å². The number of rotatable bonds is 3. The molecule has 2 saturated carbocycles. The molecule has 0 radical (unpaired) electrons. The molecule has 4 rings (SSSR count). The molecule has 1 saturated heterocycles. The summed E-state index contributed by atoms with van der Waals surface area (Å²) < 4.78 is 26.8. The van der Waals surface area contributed by atoms with Gasteiger partial charge in [0.05, 0.1) is 22.3 Å². The van der Waals surface area contributed by atoms with Gasteiger partial charge in [0.2, 0.25) is 10.0 Å². The van der Waals surface area contributed by atoms with E-state index in [9.17, 15) is 28.9 Å². The summed E-state index contributed by atoms with van der Waals surface area (Å²) in [7, 11) is -3.86. The van der Waals surface area contributed by atoms with E-state index in [0.29, 0.717) is 12.3 Å². The Balaban J connectivity index is 1.73. The molecule has 9 nitrogen and oxygen atoms in total. The van der Waals surface area contributed by atoms with Crippen LogP contribution in [0.3, 0.4) is 0 Å². The van der Waals surface area contributed by atoms with E-state index in [4.69, 9.17) is 0 Å². The van der Waals surface area contributed by atoms with Crippen LogP contribution in [-0.4, -0.2) is 45.8 Å². The van der Waals surface area contributed by atoms with Crippen LogP contribution >= 0.6 is 0 Å². The maximum Gasteiger partial charge on any atom is 0.387 e. The fourth-order valence-corrected chi connectivity index (χ4v) is 8.14.